The van der Waals surface area contributed by atoms with Crippen molar-refractivity contribution < 1.29 is 0 Å². The van der Waals surface area contributed by atoms with Crippen molar-refractivity contribution in [1.29, 1.82) is 10.5 Å². The Bertz CT molecular complexity index is 211. The molecule has 0 aromatic heterocycles. The van der Waals surface area contributed by atoms with E-state index in [1.165, 1.54) is 0 Å². The summed E-state index contributed by atoms with van der Waals surface area (Å²) in [6, 6.07) is 4.57. The molecule has 0 aliphatic heterocycles. The molecule has 1 rings (SSSR count). The lowest BCUT2D eigenvalue weighted by Gasteiger charge is -2.28. The minimum Gasteiger partial charge on any atom is -0.198 e. The van der Waals surface area contributed by atoms with E-state index in [0.717, 1.165) is 25.7 Å². The lowest BCUT2D eigenvalue weighted by molar-refractivity contribution is 0.261. The van der Waals surface area contributed by atoms with Crippen molar-refractivity contribution in [3.63, 3.8) is 0 Å². The largest absolute Gasteiger partial charge is 0.198 e. The minimum absolute atomic E-state index is 0.145. The Labute approximate surface area is 67.4 Å². The maximum atomic E-state index is 8.78. The molecular weight excluding hydrogens is 136 g/mol. The number of hydrogen-bond acceptors (Lipinski definition) is 2. The maximum absolute atomic E-state index is 8.78. The maximum Gasteiger partial charge on any atom is 0.0686 e. The van der Waals surface area contributed by atoms with Gasteiger partial charge >= 0.3 is 0 Å². The topological polar surface area (TPSA) is 47.6 Å². The molecule has 2 heteroatoms. The van der Waals surface area contributed by atoms with Crippen LogP contribution in [0.5, 0.6) is 0 Å². The van der Waals surface area contributed by atoms with E-state index >= 15 is 0 Å². The molecule has 1 aliphatic rings. The lowest BCUT2D eigenvalue weighted by atomic mass is 9.73. The normalized spacial score (nSPS) is 37.2. The molecule has 11 heavy (non-hydrogen) atoms. The van der Waals surface area contributed by atoms with E-state index in [2.05, 4.69) is 12.1 Å². The SMILES string of the molecule is CC1(C#N)CCC(C#N)CC1. The van der Waals surface area contributed by atoms with Gasteiger partial charge in [-0.15, -0.1) is 0 Å². The molecule has 0 aromatic carbocycles. The van der Waals surface area contributed by atoms with Gasteiger partial charge < -0.3 is 0 Å². The Kier molecular flexibility index (Phi) is 2.15. The van der Waals surface area contributed by atoms with Crippen molar-refractivity contribution in [3.8, 4) is 12.1 Å². The number of rotatable bonds is 0. The van der Waals surface area contributed by atoms with Gasteiger partial charge in [-0.25, -0.2) is 0 Å². The fourth-order valence-corrected chi connectivity index (χ4v) is 1.50. The zero-order valence-electron chi connectivity index (χ0n) is 6.80. The zero-order valence-corrected chi connectivity index (χ0v) is 6.80. The molecule has 1 aliphatic carbocycles. The molecule has 0 bridgehead atoms. The van der Waals surface area contributed by atoms with Gasteiger partial charge in [0.15, 0.2) is 0 Å². The molecule has 1 fully saturated rings. The van der Waals surface area contributed by atoms with Crippen molar-refractivity contribution >= 4 is 0 Å². The van der Waals surface area contributed by atoms with Gasteiger partial charge in [-0.1, -0.05) is 0 Å². The first kappa shape index (κ1) is 8.08. The van der Waals surface area contributed by atoms with Gasteiger partial charge in [-0.2, -0.15) is 10.5 Å². The van der Waals surface area contributed by atoms with Crippen LogP contribution in [-0.2, 0) is 0 Å². The average molecular weight is 148 g/mol. The summed E-state index contributed by atoms with van der Waals surface area (Å²) in [5, 5.41) is 17.4. The van der Waals surface area contributed by atoms with Crippen LogP contribution in [0.2, 0.25) is 0 Å². The van der Waals surface area contributed by atoms with Crippen LogP contribution >= 0.6 is 0 Å². The van der Waals surface area contributed by atoms with Crippen LogP contribution in [0.1, 0.15) is 32.6 Å². The Morgan fingerprint density at radius 1 is 1.27 bits per heavy atom. The molecule has 0 heterocycles. The summed E-state index contributed by atoms with van der Waals surface area (Å²) < 4.78 is 0. The van der Waals surface area contributed by atoms with E-state index in [-0.39, 0.29) is 11.3 Å². The van der Waals surface area contributed by atoms with Gasteiger partial charge in [-0.3, -0.25) is 0 Å². The van der Waals surface area contributed by atoms with Gasteiger partial charge in [-0.05, 0) is 32.6 Å². The lowest BCUT2D eigenvalue weighted by Crippen LogP contribution is -2.21. The first-order chi connectivity index (χ1) is 5.20. The molecule has 0 spiro atoms. The molecule has 0 atom stereocenters. The van der Waals surface area contributed by atoms with Gasteiger partial charge in [0.2, 0.25) is 0 Å². The van der Waals surface area contributed by atoms with E-state index in [1.54, 1.807) is 0 Å². The minimum atomic E-state index is -0.145. The van der Waals surface area contributed by atoms with E-state index in [0.29, 0.717) is 0 Å². The summed E-state index contributed by atoms with van der Waals surface area (Å²) in [4.78, 5) is 0. The molecule has 2 nitrogen and oxygen atoms in total. The van der Waals surface area contributed by atoms with Crippen LogP contribution in [0.3, 0.4) is 0 Å². The highest BCUT2D eigenvalue weighted by Crippen LogP contribution is 2.37. The van der Waals surface area contributed by atoms with Crippen LogP contribution in [0.4, 0.5) is 0 Å². The van der Waals surface area contributed by atoms with E-state index in [9.17, 15) is 0 Å². The fraction of sp³-hybridized carbons (Fsp3) is 0.778. The van der Waals surface area contributed by atoms with Gasteiger partial charge in [0, 0.05) is 5.92 Å². The van der Waals surface area contributed by atoms with Crippen molar-refractivity contribution in [1.82, 2.24) is 0 Å². The summed E-state index contributed by atoms with van der Waals surface area (Å²) >= 11 is 0. The monoisotopic (exact) mass is 148 g/mol. The molecule has 1 saturated carbocycles. The number of hydrogen-bond donors (Lipinski definition) is 0. The Balaban J connectivity index is 2.51. The van der Waals surface area contributed by atoms with Crippen LogP contribution in [0.25, 0.3) is 0 Å². The third-order valence-corrected chi connectivity index (χ3v) is 2.54. The third kappa shape index (κ3) is 1.71. The highest BCUT2D eigenvalue weighted by atomic mass is 14.4. The summed E-state index contributed by atoms with van der Waals surface area (Å²) in [5.41, 5.74) is -0.145. The summed E-state index contributed by atoms with van der Waals surface area (Å²) in [6.45, 7) is 1.99. The number of nitriles is 2. The van der Waals surface area contributed by atoms with Crippen molar-refractivity contribution in [2.24, 2.45) is 11.3 Å². The summed E-state index contributed by atoms with van der Waals surface area (Å²) in [6.07, 6.45) is 3.59. The van der Waals surface area contributed by atoms with Crippen molar-refractivity contribution in [2.75, 3.05) is 0 Å². The Morgan fingerprint density at radius 3 is 2.18 bits per heavy atom. The van der Waals surface area contributed by atoms with Crippen LogP contribution < -0.4 is 0 Å². The first-order valence-corrected chi connectivity index (χ1v) is 4.01. The highest BCUT2D eigenvalue weighted by molar-refractivity contribution is 5.01. The second-order valence-electron chi connectivity index (χ2n) is 3.58. The van der Waals surface area contributed by atoms with Crippen LogP contribution in [-0.4, -0.2) is 0 Å². The molecular formula is C9H12N2. The van der Waals surface area contributed by atoms with Crippen molar-refractivity contribution in [2.45, 2.75) is 32.6 Å². The third-order valence-electron chi connectivity index (χ3n) is 2.54. The quantitative estimate of drug-likeness (QED) is 0.528. The molecule has 0 saturated heterocycles. The Morgan fingerprint density at radius 2 is 1.82 bits per heavy atom. The summed E-state index contributed by atoms with van der Waals surface area (Å²) in [5.74, 6) is 0.205. The highest BCUT2D eigenvalue weighted by Gasteiger charge is 2.30. The van der Waals surface area contributed by atoms with E-state index in [1.807, 2.05) is 6.92 Å². The van der Waals surface area contributed by atoms with Crippen LogP contribution in [0, 0.1) is 34.0 Å². The predicted molar refractivity (Wildman–Crippen MR) is 41.3 cm³/mol. The molecule has 58 valence electrons. The zero-order chi connectivity index (χ0) is 8.32. The smallest absolute Gasteiger partial charge is 0.0686 e. The summed E-state index contributed by atoms with van der Waals surface area (Å²) in [7, 11) is 0. The van der Waals surface area contributed by atoms with Crippen LogP contribution in [0.15, 0.2) is 0 Å². The second kappa shape index (κ2) is 2.93. The average Bonchev–Trinajstić information content (AvgIpc) is 2.06. The molecule has 0 radical (unpaired) electrons. The standard InChI is InChI=1S/C9H12N2/c1-9(7-11)4-2-8(6-10)3-5-9/h8H,2-5H2,1H3. The fourth-order valence-electron chi connectivity index (χ4n) is 1.50. The first-order valence-electron chi connectivity index (χ1n) is 4.01. The number of nitrogens with zero attached hydrogens (tertiary/aromatic N) is 2. The van der Waals surface area contributed by atoms with E-state index in [4.69, 9.17) is 10.5 Å². The van der Waals surface area contributed by atoms with Crippen molar-refractivity contribution in [3.05, 3.63) is 0 Å². The second-order valence-corrected chi connectivity index (χ2v) is 3.58. The molecule has 0 N–H and O–H groups in total. The van der Waals surface area contributed by atoms with Gasteiger partial charge in [0.05, 0.1) is 17.6 Å². The molecule has 0 unspecified atom stereocenters. The van der Waals surface area contributed by atoms with Gasteiger partial charge in [0.1, 0.15) is 0 Å². The molecule has 0 amide bonds. The molecule has 0 aromatic rings. The Hall–Kier alpha value is -1.02. The van der Waals surface area contributed by atoms with E-state index < -0.39 is 0 Å². The predicted octanol–water partition coefficient (Wildman–Crippen LogP) is 2.23. The van der Waals surface area contributed by atoms with Gasteiger partial charge in [0.25, 0.3) is 0 Å².